The largest absolute Gasteiger partial charge is 0.353 e. The SMILES string of the molecule is CN=C1C=C(Br)CCC1=C(C)c1[nH]c2ccccc2c1NOC(C)=O. The summed E-state index contributed by atoms with van der Waals surface area (Å²) in [5.74, 6) is -0.387. The molecule has 2 N–H and O–H groups in total. The zero-order chi connectivity index (χ0) is 18.0. The van der Waals surface area contributed by atoms with E-state index in [1.807, 2.05) is 24.3 Å². The second kappa shape index (κ2) is 7.27. The third kappa shape index (κ3) is 3.54. The Morgan fingerprint density at radius 3 is 2.76 bits per heavy atom. The second-order valence-corrected chi connectivity index (χ2v) is 6.94. The van der Waals surface area contributed by atoms with Gasteiger partial charge in [-0.3, -0.25) is 9.79 Å². The molecule has 5 nitrogen and oxygen atoms in total. The predicted molar refractivity (Wildman–Crippen MR) is 106 cm³/mol. The number of hydrogen-bond acceptors (Lipinski definition) is 4. The maximum Gasteiger partial charge on any atom is 0.329 e. The molecule has 2 aromatic rings. The second-order valence-electron chi connectivity index (χ2n) is 5.92. The molecule has 0 amide bonds. The molecule has 1 aromatic carbocycles. The molecule has 0 fully saturated rings. The van der Waals surface area contributed by atoms with Crippen LogP contribution in [0.15, 0.2) is 45.4 Å². The fourth-order valence-electron chi connectivity index (χ4n) is 3.06. The first-order valence-corrected chi connectivity index (χ1v) is 8.88. The van der Waals surface area contributed by atoms with Gasteiger partial charge in [-0.05, 0) is 47.5 Å². The average Bonchev–Trinajstić information content (AvgIpc) is 2.97. The van der Waals surface area contributed by atoms with E-state index in [2.05, 4.69) is 44.4 Å². The van der Waals surface area contributed by atoms with Crippen molar-refractivity contribution in [1.29, 1.82) is 0 Å². The Kier molecular flexibility index (Phi) is 5.08. The maximum atomic E-state index is 11.3. The molecule has 0 unspecified atom stereocenters. The zero-order valence-electron chi connectivity index (χ0n) is 14.4. The van der Waals surface area contributed by atoms with Gasteiger partial charge in [-0.25, -0.2) is 5.48 Å². The van der Waals surface area contributed by atoms with Crippen LogP contribution in [-0.4, -0.2) is 23.7 Å². The van der Waals surface area contributed by atoms with Crippen molar-refractivity contribution in [1.82, 2.24) is 4.98 Å². The van der Waals surface area contributed by atoms with E-state index in [0.717, 1.165) is 50.9 Å². The summed E-state index contributed by atoms with van der Waals surface area (Å²) in [6.07, 6.45) is 3.90. The van der Waals surface area contributed by atoms with Crippen molar-refractivity contribution < 1.29 is 9.63 Å². The first-order valence-electron chi connectivity index (χ1n) is 8.08. The molecule has 0 bridgehead atoms. The number of aliphatic imine (C=N–C) groups is 1. The fourth-order valence-corrected chi connectivity index (χ4v) is 3.48. The highest BCUT2D eigenvalue weighted by Gasteiger charge is 2.20. The van der Waals surface area contributed by atoms with Crippen LogP contribution < -0.4 is 5.48 Å². The number of aromatic nitrogens is 1. The molecule has 0 spiro atoms. The van der Waals surface area contributed by atoms with Gasteiger partial charge >= 0.3 is 5.97 Å². The molecule has 130 valence electrons. The van der Waals surface area contributed by atoms with Crippen LogP contribution >= 0.6 is 15.9 Å². The summed E-state index contributed by atoms with van der Waals surface area (Å²) >= 11 is 3.57. The number of nitrogens with one attached hydrogen (secondary N) is 2. The molecule has 3 rings (SSSR count). The van der Waals surface area contributed by atoms with Crippen molar-refractivity contribution >= 4 is 49.8 Å². The summed E-state index contributed by atoms with van der Waals surface area (Å²) in [5.41, 5.74) is 8.70. The van der Waals surface area contributed by atoms with Crippen molar-refractivity contribution in [2.45, 2.75) is 26.7 Å². The van der Waals surface area contributed by atoms with E-state index in [-0.39, 0.29) is 5.97 Å². The Morgan fingerprint density at radius 1 is 1.28 bits per heavy atom. The molecular weight excluding hydrogens is 382 g/mol. The van der Waals surface area contributed by atoms with Gasteiger partial charge in [-0.15, -0.1) is 0 Å². The van der Waals surface area contributed by atoms with Crippen molar-refractivity contribution in [2.24, 2.45) is 4.99 Å². The lowest BCUT2D eigenvalue weighted by Gasteiger charge is -2.18. The molecule has 0 saturated carbocycles. The van der Waals surface area contributed by atoms with Crippen LogP contribution in [0.2, 0.25) is 0 Å². The topological polar surface area (TPSA) is 66.5 Å². The van der Waals surface area contributed by atoms with Gasteiger partial charge in [0.1, 0.15) is 5.69 Å². The van der Waals surface area contributed by atoms with E-state index in [9.17, 15) is 4.79 Å². The first kappa shape index (κ1) is 17.5. The minimum Gasteiger partial charge on any atom is -0.353 e. The predicted octanol–water partition coefficient (Wildman–Crippen LogP) is 4.97. The third-order valence-electron chi connectivity index (χ3n) is 4.29. The number of nitrogens with zero attached hydrogens (tertiary/aromatic N) is 1. The smallest absolute Gasteiger partial charge is 0.329 e. The number of aromatic amines is 1. The number of anilines is 1. The summed E-state index contributed by atoms with van der Waals surface area (Å²) in [6.45, 7) is 3.44. The Balaban J connectivity index is 2.15. The summed E-state index contributed by atoms with van der Waals surface area (Å²) < 4.78 is 1.15. The molecular formula is C19H20BrN3O2. The van der Waals surface area contributed by atoms with Crippen LogP contribution in [0.4, 0.5) is 5.69 Å². The van der Waals surface area contributed by atoms with Crippen LogP contribution in [0, 0.1) is 0 Å². The minimum atomic E-state index is -0.387. The molecule has 1 heterocycles. The highest BCUT2D eigenvalue weighted by molar-refractivity contribution is 9.11. The summed E-state index contributed by atoms with van der Waals surface area (Å²) in [6, 6.07) is 7.92. The average molecular weight is 402 g/mol. The quantitative estimate of drug-likeness (QED) is 0.712. The number of H-pyrrole nitrogens is 1. The number of rotatable bonds is 3. The van der Waals surface area contributed by atoms with Crippen molar-refractivity contribution in [3.63, 3.8) is 0 Å². The number of halogens is 1. The minimum absolute atomic E-state index is 0.387. The van der Waals surface area contributed by atoms with Crippen LogP contribution in [0.25, 0.3) is 16.5 Å². The van der Waals surface area contributed by atoms with E-state index in [1.165, 1.54) is 12.5 Å². The zero-order valence-corrected chi connectivity index (χ0v) is 16.0. The van der Waals surface area contributed by atoms with E-state index >= 15 is 0 Å². The number of benzene rings is 1. The molecule has 1 aliphatic carbocycles. The molecule has 1 aromatic heterocycles. The van der Waals surface area contributed by atoms with Gasteiger partial charge in [0.2, 0.25) is 0 Å². The van der Waals surface area contributed by atoms with E-state index < -0.39 is 0 Å². The molecule has 0 aliphatic heterocycles. The Hall–Kier alpha value is -2.34. The monoisotopic (exact) mass is 401 g/mol. The fraction of sp³-hybridized carbons (Fsp3) is 0.263. The molecule has 1 aliphatic rings. The van der Waals surface area contributed by atoms with Crippen molar-refractivity contribution in [3.8, 4) is 0 Å². The molecule has 0 saturated heterocycles. The normalized spacial score (nSPS) is 18.2. The van der Waals surface area contributed by atoms with E-state index in [1.54, 1.807) is 7.05 Å². The number of allylic oxidation sites excluding steroid dienone is 4. The lowest BCUT2D eigenvalue weighted by atomic mass is 9.92. The van der Waals surface area contributed by atoms with Crippen LogP contribution in [0.3, 0.4) is 0 Å². The number of carbonyl (C=O) groups excluding carboxylic acids is 1. The lowest BCUT2D eigenvalue weighted by molar-refractivity contribution is -0.137. The van der Waals surface area contributed by atoms with Gasteiger partial charge in [-0.2, -0.15) is 0 Å². The van der Waals surface area contributed by atoms with Gasteiger partial charge < -0.3 is 9.82 Å². The highest BCUT2D eigenvalue weighted by atomic mass is 79.9. The summed E-state index contributed by atoms with van der Waals surface area (Å²) in [4.78, 5) is 24.2. The Morgan fingerprint density at radius 2 is 2.04 bits per heavy atom. The Bertz CT molecular complexity index is 922. The lowest BCUT2D eigenvalue weighted by Crippen LogP contribution is -2.10. The van der Waals surface area contributed by atoms with Gasteiger partial charge in [0.25, 0.3) is 0 Å². The van der Waals surface area contributed by atoms with Gasteiger partial charge in [0.05, 0.1) is 11.4 Å². The molecule has 25 heavy (non-hydrogen) atoms. The Labute approximate surface area is 154 Å². The third-order valence-corrected chi connectivity index (χ3v) is 4.91. The highest BCUT2D eigenvalue weighted by Crippen LogP contribution is 2.36. The van der Waals surface area contributed by atoms with E-state index in [4.69, 9.17) is 4.84 Å². The van der Waals surface area contributed by atoms with Crippen LogP contribution in [0.1, 0.15) is 32.4 Å². The summed E-state index contributed by atoms with van der Waals surface area (Å²) in [5, 5.41) is 0.973. The van der Waals surface area contributed by atoms with E-state index in [0.29, 0.717) is 0 Å². The molecule has 6 heteroatoms. The van der Waals surface area contributed by atoms with Gasteiger partial charge in [0.15, 0.2) is 0 Å². The van der Waals surface area contributed by atoms with Crippen molar-refractivity contribution in [2.75, 3.05) is 12.5 Å². The van der Waals surface area contributed by atoms with Crippen molar-refractivity contribution in [3.05, 3.63) is 46.1 Å². The number of hydrogen-bond donors (Lipinski definition) is 2. The number of para-hydroxylation sites is 1. The number of fused-ring (bicyclic) bond motifs is 1. The maximum absolute atomic E-state index is 11.3. The molecule has 0 radical (unpaired) electrons. The first-order chi connectivity index (χ1) is 12.0. The standard InChI is InChI=1S/C19H20BrN3O2/c1-11(14-9-8-13(20)10-17(14)21-3)18-19(23-25-12(2)24)15-6-4-5-7-16(15)22-18/h4-7,10,22-23H,8-9H2,1-3H3. The van der Waals surface area contributed by atoms with Gasteiger partial charge in [-0.1, -0.05) is 34.1 Å². The summed E-state index contributed by atoms with van der Waals surface area (Å²) in [7, 11) is 1.80. The molecule has 0 atom stereocenters. The van der Waals surface area contributed by atoms with Crippen LogP contribution in [-0.2, 0) is 9.63 Å². The van der Waals surface area contributed by atoms with Gasteiger partial charge in [0, 0.05) is 24.9 Å². The number of carbonyl (C=O) groups is 1. The van der Waals surface area contributed by atoms with Crippen LogP contribution in [0.5, 0.6) is 0 Å².